The minimum atomic E-state index is -4.58. The van der Waals surface area contributed by atoms with Gasteiger partial charge < -0.3 is 14.3 Å². The number of allylic oxidation sites excluding steroid dienone is 3. The molecule has 1 aliphatic carbocycles. The smallest absolute Gasteiger partial charge is 0.324 e. The molecule has 1 fully saturated rings. The van der Waals surface area contributed by atoms with Crippen LogP contribution in [0.1, 0.15) is 6.42 Å². The quantitative estimate of drug-likeness (QED) is 0.706. The number of ketones is 2. The van der Waals surface area contributed by atoms with Crippen LogP contribution in [-0.4, -0.2) is 85.5 Å². The largest absolute Gasteiger partial charge is 0.417 e. The van der Waals surface area contributed by atoms with Crippen molar-refractivity contribution < 1.29 is 27.2 Å². The molecule has 1 saturated heterocycles. The molecule has 0 aromatic rings. The normalized spacial score (nSPS) is 27.6. The number of hydrogen-bond acceptors (Lipinski definition) is 4. The van der Waals surface area contributed by atoms with Gasteiger partial charge in [-0.3, -0.25) is 9.59 Å². The van der Waals surface area contributed by atoms with E-state index < -0.39 is 17.5 Å². The maximum absolute atomic E-state index is 13.4. The second-order valence-electron chi connectivity index (χ2n) is 8.01. The summed E-state index contributed by atoms with van der Waals surface area (Å²) in [7, 11) is 7.44. The topological polar surface area (TPSA) is 40.6 Å². The molecule has 0 radical (unpaired) electrons. The predicted molar refractivity (Wildman–Crippen MR) is 89.9 cm³/mol. The van der Waals surface area contributed by atoms with Gasteiger partial charge in [-0.2, -0.15) is 13.2 Å². The van der Waals surface area contributed by atoms with Crippen LogP contribution < -0.4 is 0 Å². The number of fused-ring (bicyclic) bond motifs is 3. The van der Waals surface area contributed by atoms with Crippen LogP contribution in [-0.2, 0) is 9.59 Å². The highest BCUT2D eigenvalue weighted by atomic mass is 19.4. The van der Waals surface area contributed by atoms with Crippen molar-refractivity contribution in [2.75, 3.05) is 41.4 Å². The van der Waals surface area contributed by atoms with Gasteiger partial charge in [-0.25, -0.2) is 0 Å². The Balaban J connectivity index is 1.94. The SMILES string of the molecule is CN(C)CC(=O)C1CC2C3=CC(=O)C=C(C(F)(F)F)C3=CN2C[N+]1(C)C. The van der Waals surface area contributed by atoms with Crippen LogP contribution in [0.25, 0.3) is 0 Å². The fraction of sp³-hybridized carbons (Fsp3) is 0.556. The van der Waals surface area contributed by atoms with Gasteiger partial charge in [0.1, 0.15) is 0 Å². The number of hydrogen-bond donors (Lipinski definition) is 0. The first-order chi connectivity index (χ1) is 11.9. The molecule has 2 unspecified atom stereocenters. The molecule has 3 aliphatic rings. The molecule has 2 aliphatic heterocycles. The van der Waals surface area contributed by atoms with E-state index in [2.05, 4.69) is 0 Å². The second kappa shape index (κ2) is 6.06. The zero-order valence-corrected chi connectivity index (χ0v) is 15.3. The standard InChI is InChI=1S/C18H23F3N3O2/c1-22(2)9-17(26)16-7-15-12-5-11(25)6-14(18(19,20)21)13(12)8-23(15)10-24(16,3)4/h5-6,8,15-16H,7,9-10H2,1-4H3/q+1. The fourth-order valence-electron chi connectivity index (χ4n) is 4.09. The van der Waals surface area contributed by atoms with Crippen molar-refractivity contribution in [2.45, 2.75) is 24.7 Å². The molecule has 0 N–H and O–H groups in total. The van der Waals surface area contributed by atoms with E-state index in [1.165, 1.54) is 12.3 Å². The van der Waals surface area contributed by atoms with Crippen LogP contribution in [0.15, 0.2) is 35.1 Å². The van der Waals surface area contributed by atoms with Gasteiger partial charge in [-0.05, 0) is 31.8 Å². The summed E-state index contributed by atoms with van der Waals surface area (Å²) in [6, 6.07) is -0.704. The summed E-state index contributed by atoms with van der Waals surface area (Å²) in [6.45, 7) is 0.694. The van der Waals surface area contributed by atoms with Crippen LogP contribution in [0.5, 0.6) is 0 Å². The number of rotatable bonds is 3. The summed E-state index contributed by atoms with van der Waals surface area (Å²) in [4.78, 5) is 28.2. The highest BCUT2D eigenvalue weighted by Crippen LogP contribution is 2.45. The van der Waals surface area contributed by atoms with Gasteiger partial charge in [0.2, 0.25) is 5.78 Å². The molecule has 2 heterocycles. The average Bonchev–Trinajstić information content (AvgIpc) is 2.79. The third-order valence-corrected chi connectivity index (χ3v) is 5.21. The molecule has 3 rings (SSSR count). The first kappa shape index (κ1) is 18.8. The number of carbonyl (C=O) groups is 2. The highest BCUT2D eigenvalue weighted by Gasteiger charge is 2.51. The Morgan fingerprint density at radius 1 is 1.31 bits per heavy atom. The summed E-state index contributed by atoms with van der Waals surface area (Å²) in [5, 5.41) is 0. The molecular weight excluding hydrogens is 347 g/mol. The monoisotopic (exact) mass is 370 g/mol. The molecule has 0 aromatic carbocycles. The van der Waals surface area contributed by atoms with Crippen LogP contribution >= 0.6 is 0 Å². The van der Waals surface area contributed by atoms with Crippen LogP contribution in [0.2, 0.25) is 0 Å². The summed E-state index contributed by atoms with van der Waals surface area (Å²) < 4.78 is 40.5. The molecule has 2 atom stereocenters. The minimum Gasteiger partial charge on any atom is -0.324 e. The Bertz CT molecular complexity index is 747. The number of likely N-dealkylation sites (N-methyl/N-ethyl adjacent to an activating group) is 2. The van der Waals surface area contributed by atoms with Crippen molar-refractivity contribution in [1.29, 1.82) is 0 Å². The van der Waals surface area contributed by atoms with E-state index in [1.54, 1.807) is 4.90 Å². The second-order valence-corrected chi connectivity index (χ2v) is 8.01. The molecule has 0 amide bonds. The zero-order valence-electron chi connectivity index (χ0n) is 15.3. The number of halogens is 3. The first-order valence-corrected chi connectivity index (χ1v) is 8.43. The number of nitrogens with zero attached hydrogens (tertiary/aromatic N) is 3. The van der Waals surface area contributed by atoms with E-state index in [9.17, 15) is 22.8 Å². The van der Waals surface area contributed by atoms with E-state index in [-0.39, 0.29) is 30.0 Å². The van der Waals surface area contributed by atoms with E-state index in [0.29, 0.717) is 29.2 Å². The molecule has 0 aromatic heterocycles. The van der Waals surface area contributed by atoms with Gasteiger partial charge in [0.05, 0.1) is 32.3 Å². The number of quaternary nitrogens is 1. The lowest BCUT2D eigenvalue weighted by Gasteiger charge is -2.47. The van der Waals surface area contributed by atoms with E-state index in [1.807, 2.05) is 33.1 Å². The molecule has 142 valence electrons. The average molecular weight is 370 g/mol. The van der Waals surface area contributed by atoms with Crippen LogP contribution in [0, 0.1) is 0 Å². The Morgan fingerprint density at radius 2 is 1.96 bits per heavy atom. The maximum Gasteiger partial charge on any atom is 0.417 e. The van der Waals surface area contributed by atoms with Gasteiger partial charge in [-0.15, -0.1) is 0 Å². The molecule has 0 saturated carbocycles. The van der Waals surface area contributed by atoms with E-state index in [4.69, 9.17) is 0 Å². The lowest BCUT2D eigenvalue weighted by Crippen LogP contribution is -2.64. The van der Waals surface area contributed by atoms with Gasteiger partial charge in [0, 0.05) is 18.2 Å². The third-order valence-electron chi connectivity index (χ3n) is 5.21. The molecule has 26 heavy (non-hydrogen) atoms. The molecule has 8 heteroatoms. The van der Waals surface area contributed by atoms with Gasteiger partial charge >= 0.3 is 6.18 Å². The first-order valence-electron chi connectivity index (χ1n) is 8.43. The van der Waals surface area contributed by atoms with Crippen molar-refractivity contribution >= 4 is 11.6 Å². The Kier molecular flexibility index (Phi) is 4.39. The van der Waals surface area contributed by atoms with Crippen LogP contribution in [0.3, 0.4) is 0 Å². The molecule has 0 bridgehead atoms. The predicted octanol–water partition coefficient (Wildman–Crippen LogP) is 1.49. The molecule has 0 spiro atoms. The van der Waals surface area contributed by atoms with Gasteiger partial charge in [0.15, 0.2) is 18.5 Å². The van der Waals surface area contributed by atoms with Crippen molar-refractivity contribution in [2.24, 2.45) is 0 Å². The lowest BCUT2D eigenvalue weighted by atomic mass is 9.85. The van der Waals surface area contributed by atoms with Gasteiger partial charge in [-0.1, -0.05) is 0 Å². The summed E-state index contributed by atoms with van der Waals surface area (Å²) >= 11 is 0. The summed E-state index contributed by atoms with van der Waals surface area (Å²) in [5.41, 5.74) is -0.453. The Hall–Kier alpha value is -1.93. The lowest BCUT2D eigenvalue weighted by molar-refractivity contribution is -0.921. The molecule has 5 nitrogen and oxygen atoms in total. The maximum atomic E-state index is 13.4. The van der Waals surface area contributed by atoms with Crippen molar-refractivity contribution in [3.8, 4) is 0 Å². The van der Waals surface area contributed by atoms with Crippen molar-refractivity contribution in [1.82, 2.24) is 9.80 Å². The number of alkyl halides is 3. The fourth-order valence-corrected chi connectivity index (χ4v) is 4.09. The summed E-state index contributed by atoms with van der Waals surface area (Å²) in [6.07, 6.45) is -0.758. The minimum absolute atomic E-state index is 0.0578. The Labute approximate surface area is 150 Å². The number of Topliss-reactive ketones (excluding diaryl/α,β-unsaturated/α-hetero) is 1. The van der Waals surface area contributed by atoms with Gasteiger partial charge in [0.25, 0.3) is 0 Å². The van der Waals surface area contributed by atoms with Crippen molar-refractivity contribution in [3.63, 3.8) is 0 Å². The number of carbonyl (C=O) groups excluding carboxylic acids is 2. The Morgan fingerprint density at radius 3 is 2.54 bits per heavy atom. The van der Waals surface area contributed by atoms with Crippen LogP contribution in [0.4, 0.5) is 13.2 Å². The van der Waals surface area contributed by atoms with Crippen molar-refractivity contribution in [3.05, 3.63) is 35.1 Å². The van der Waals surface area contributed by atoms with E-state index in [0.717, 1.165) is 0 Å². The van der Waals surface area contributed by atoms with E-state index >= 15 is 0 Å². The molecular formula is C18H23F3N3O2+. The summed E-state index contributed by atoms with van der Waals surface area (Å²) in [5.74, 6) is -0.593. The highest BCUT2D eigenvalue weighted by molar-refractivity contribution is 6.04. The zero-order chi connectivity index (χ0) is 19.4. The third kappa shape index (κ3) is 3.23.